The topological polar surface area (TPSA) is 49.4 Å². The molecule has 3 amide bonds. The Labute approximate surface area is 143 Å². The van der Waals surface area contributed by atoms with Crippen LogP contribution in [-0.2, 0) is 17.6 Å². The van der Waals surface area contributed by atoms with Crippen LogP contribution in [-0.4, -0.2) is 28.9 Å². The van der Waals surface area contributed by atoms with E-state index >= 15 is 0 Å². The Balaban J connectivity index is 1.51. The van der Waals surface area contributed by atoms with Crippen LogP contribution in [0.25, 0.3) is 0 Å². The molecule has 0 aromatic heterocycles. The molecule has 4 nitrogen and oxygen atoms in total. The maximum Gasteiger partial charge on any atom is 0.325 e. The molecule has 2 fully saturated rings. The molecule has 1 N–H and O–H groups in total. The summed E-state index contributed by atoms with van der Waals surface area (Å²) in [5.74, 6) is 0.486. The Kier molecular flexibility index (Phi) is 4.07. The van der Waals surface area contributed by atoms with Gasteiger partial charge >= 0.3 is 6.03 Å². The van der Waals surface area contributed by atoms with Gasteiger partial charge in [0.2, 0.25) is 0 Å². The molecule has 1 aromatic carbocycles. The average molecular weight is 326 g/mol. The average Bonchev–Trinajstić information content (AvgIpc) is 2.79. The normalized spacial score (nSPS) is 27.9. The standard InChI is InChI=1S/C20H26N2O2/c23-18-20(12-11-16-9-5-6-10-17(16)13-20)21-19(24)22(18)14-15-7-3-1-2-4-8-15/h5-6,9-10,15H,1-4,7-8,11-14H2,(H,21,24)/t20-/m1/s1. The van der Waals surface area contributed by atoms with E-state index in [4.69, 9.17) is 0 Å². The van der Waals surface area contributed by atoms with Crippen LogP contribution in [0.5, 0.6) is 0 Å². The van der Waals surface area contributed by atoms with Crippen molar-refractivity contribution in [2.24, 2.45) is 5.92 Å². The molecule has 1 spiro atoms. The van der Waals surface area contributed by atoms with Crippen molar-refractivity contribution >= 4 is 11.9 Å². The van der Waals surface area contributed by atoms with Crippen LogP contribution in [0.1, 0.15) is 56.1 Å². The molecule has 3 aliphatic rings. The molecule has 1 atom stereocenters. The van der Waals surface area contributed by atoms with Crippen molar-refractivity contribution in [3.8, 4) is 0 Å². The van der Waals surface area contributed by atoms with E-state index in [0.717, 1.165) is 25.7 Å². The van der Waals surface area contributed by atoms with E-state index in [2.05, 4.69) is 17.4 Å². The summed E-state index contributed by atoms with van der Waals surface area (Å²) < 4.78 is 0. The highest BCUT2D eigenvalue weighted by atomic mass is 16.2. The number of amides is 3. The van der Waals surface area contributed by atoms with Crippen molar-refractivity contribution in [1.82, 2.24) is 10.2 Å². The number of hydrogen-bond donors (Lipinski definition) is 1. The lowest BCUT2D eigenvalue weighted by Crippen LogP contribution is -2.51. The molecule has 1 aliphatic heterocycles. The number of carbonyl (C=O) groups excluding carboxylic acids is 2. The third kappa shape index (κ3) is 2.72. The molecule has 1 saturated heterocycles. The molecule has 4 rings (SSSR count). The number of hydrogen-bond acceptors (Lipinski definition) is 2. The van der Waals surface area contributed by atoms with Crippen LogP contribution in [0.2, 0.25) is 0 Å². The van der Waals surface area contributed by atoms with E-state index in [1.165, 1.54) is 41.7 Å². The minimum absolute atomic E-state index is 0.00579. The summed E-state index contributed by atoms with van der Waals surface area (Å²) in [6.45, 7) is 0.605. The Morgan fingerprint density at radius 1 is 1.04 bits per heavy atom. The number of imide groups is 1. The Bertz CT molecular complexity index is 649. The number of rotatable bonds is 2. The van der Waals surface area contributed by atoms with Gasteiger partial charge in [-0.15, -0.1) is 0 Å². The first kappa shape index (κ1) is 15.7. The van der Waals surface area contributed by atoms with Gasteiger partial charge in [-0.3, -0.25) is 9.69 Å². The van der Waals surface area contributed by atoms with Gasteiger partial charge in [0.25, 0.3) is 5.91 Å². The van der Waals surface area contributed by atoms with Gasteiger partial charge in [-0.05, 0) is 42.7 Å². The van der Waals surface area contributed by atoms with Gasteiger partial charge in [-0.2, -0.15) is 0 Å². The maximum atomic E-state index is 13.1. The number of benzene rings is 1. The zero-order valence-corrected chi connectivity index (χ0v) is 14.2. The van der Waals surface area contributed by atoms with Gasteiger partial charge < -0.3 is 5.32 Å². The third-order valence-corrected chi connectivity index (χ3v) is 6.09. The summed E-state index contributed by atoms with van der Waals surface area (Å²) >= 11 is 0. The van der Waals surface area contributed by atoms with Gasteiger partial charge in [0.05, 0.1) is 0 Å². The van der Waals surface area contributed by atoms with Crippen LogP contribution < -0.4 is 5.32 Å². The molecule has 1 aromatic rings. The quantitative estimate of drug-likeness (QED) is 0.668. The zero-order chi connectivity index (χ0) is 16.6. The first-order chi connectivity index (χ1) is 11.7. The second-order valence-electron chi connectivity index (χ2n) is 7.73. The second kappa shape index (κ2) is 6.23. The smallest absolute Gasteiger partial charge is 0.323 e. The van der Waals surface area contributed by atoms with E-state index < -0.39 is 5.54 Å². The number of nitrogens with zero attached hydrogens (tertiary/aromatic N) is 1. The minimum atomic E-state index is -0.698. The summed E-state index contributed by atoms with van der Waals surface area (Å²) in [5.41, 5.74) is 1.82. The van der Waals surface area contributed by atoms with Crippen molar-refractivity contribution in [2.45, 2.75) is 63.3 Å². The van der Waals surface area contributed by atoms with Gasteiger partial charge in [0, 0.05) is 13.0 Å². The van der Waals surface area contributed by atoms with Crippen molar-refractivity contribution < 1.29 is 9.59 Å². The third-order valence-electron chi connectivity index (χ3n) is 6.09. The summed E-state index contributed by atoms with van der Waals surface area (Å²) in [6.07, 6.45) is 9.54. The molecule has 0 radical (unpaired) electrons. The summed E-state index contributed by atoms with van der Waals surface area (Å²) in [4.78, 5) is 27.1. The van der Waals surface area contributed by atoms with Crippen molar-refractivity contribution in [1.29, 1.82) is 0 Å². The monoisotopic (exact) mass is 326 g/mol. The molecule has 0 bridgehead atoms. The van der Waals surface area contributed by atoms with E-state index in [0.29, 0.717) is 18.9 Å². The molecule has 4 heteroatoms. The van der Waals surface area contributed by atoms with E-state index in [1.807, 2.05) is 12.1 Å². The van der Waals surface area contributed by atoms with Gasteiger partial charge in [0.15, 0.2) is 0 Å². The maximum absolute atomic E-state index is 13.1. The Hall–Kier alpha value is -1.84. The number of aryl methyl sites for hydroxylation is 1. The molecule has 24 heavy (non-hydrogen) atoms. The van der Waals surface area contributed by atoms with Crippen LogP contribution in [0, 0.1) is 5.92 Å². The Morgan fingerprint density at radius 2 is 1.75 bits per heavy atom. The highest BCUT2D eigenvalue weighted by Crippen LogP contribution is 2.34. The van der Waals surface area contributed by atoms with Gasteiger partial charge in [-0.1, -0.05) is 49.9 Å². The van der Waals surface area contributed by atoms with Crippen LogP contribution >= 0.6 is 0 Å². The zero-order valence-electron chi connectivity index (χ0n) is 14.2. The fraction of sp³-hybridized carbons (Fsp3) is 0.600. The van der Waals surface area contributed by atoms with E-state index in [1.54, 1.807) is 0 Å². The van der Waals surface area contributed by atoms with Gasteiger partial charge in [0.1, 0.15) is 5.54 Å². The number of urea groups is 1. The van der Waals surface area contributed by atoms with Crippen LogP contribution in [0.15, 0.2) is 24.3 Å². The summed E-state index contributed by atoms with van der Waals surface area (Å²) in [6, 6.07) is 8.10. The number of fused-ring (bicyclic) bond motifs is 1. The summed E-state index contributed by atoms with van der Waals surface area (Å²) in [7, 11) is 0. The first-order valence-electron chi connectivity index (χ1n) is 9.39. The highest BCUT2D eigenvalue weighted by molar-refractivity contribution is 6.07. The van der Waals surface area contributed by atoms with Crippen LogP contribution in [0.4, 0.5) is 4.79 Å². The highest BCUT2D eigenvalue weighted by Gasteiger charge is 2.52. The Morgan fingerprint density at radius 3 is 2.50 bits per heavy atom. The predicted molar refractivity (Wildman–Crippen MR) is 92.6 cm³/mol. The molecule has 1 saturated carbocycles. The SMILES string of the molecule is O=C1N[C@@]2(CCc3ccccc3C2)C(=O)N1CC1CCCCCC1. The largest absolute Gasteiger partial charge is 0.325 e. The first-order valence-corrected chi connectivity index (χ1v) is 9.39. The predicted octanol–water partition coefficient (Wildman–Crippen LogP) is 3.44. The van der Waals surface area contributed by atoms with Crippen LogP contribution in [0.3, 0.4) is 0 Å². The van der Waals surface area contributed by atoms with E-state index in [-0.39, 0.29) is 11.9 Å². The van der Waals surface area contributed by atoms with Crippen molar-refractivity contribution in [2.75, 3.05) is 6.54 Å². The number of nitrogens with one attached hydrogen (secondary N) is 1. The lowest BCUT2D eigenvalue weighted by atomic mass is 9.78. The molecule has 0 unspecified atom stereocenters. The fourth-order valence-corrected chi connectivity index (χ4v) is 4.67. The molecule has 128 valence electrons. The van der Waals surface area contributed by atoms with Crippen molar-refractivity contribution in [3.63, 3.8) is 0 Å². The number of carbonyl (C=O) groups is 2. The van der Waals surface area contributed by atoms with Crippen molar-refractivity contribution in [3.05, 3.63) is 35.4 Å². The lowest BCUT2D eigenvalue weighted by Gasteiger charge is -2.32. The molecule has 1 heterocycles. The minimum Gasteiger partial charge on any atom is -0.323 e. The molecular weight excluding hydrogens is 300 g/mol. The molecule has 2 aliphatic carbocycles. The van der Waals surface area contributed by atoms with E-state index in [9.17, 15) is 9.59 Å². The summed E-state index contributed by atoms with van der Waals surface area (Å²) in [5, 5.41) is 3.05. The molecular formula is C20H26N2O2. The lowest BCUT2D eigenvalue weighted by molar-refractivity contribution is -0.132. The second-order valence-corrected chi connectivity index (χ2v) is 7.73. The van der Waals surface area contributed by atoms with Gasteiger partial charge in [-0.25, -0.2) is 4.79 Å². The fourth-order valence-electron chi connectivity index (χ4n) is 4.67.